The first-order valence-corrected chi connectivity index (χ1v) is 2.72. The molecule has 0 atom stereocenters. The van der Waals surface area contributed by atoms with E-state index in [1.807, 2.05) is 0 Å². The van der Waals surface area contributed by atoms with E-state index in [-0.39, 0.29) is 11.8 Å². The lowest BCUT2D eigenvalue weighted by Gasteiger charge is -1.88. The summed E-state index contributed by atoms with van der Waals surface area (Å²) in [6.07, 6.45) is 0. The molecule has 9 heavy (non-hydrogen) atoms. The number of rotatable bonds is 1. The van der Waals surface area contributed by atoms with E-state index in [1.54, 1.807) is 0 Å². The molecule has 1 aromatic rings. The predicted molar refractivity (Wildman–Crippen MR) is 33.9 cm³/mol. The van der Waals surface area contributed by atoms with Gasteiger partial charge < -0.3 is 10.8 Å². The number of aliphatic hydroxyl groups excluding tert-OH is 1. The van der Waals surface area contributed by atoms with Crippen molar-refractivity contribution in [2.45, 2.75) is 6.61 Å². The average molecular weight is 148 g/mol. The molecule has 0 amide bonds. The fourth-order valence-corrected chi connectivity index (χ4v) is 0.638. The lowest BCUT2D eigenvalue weighted by atomic mass is 10.4. The first-order chi connectivity index (χ1) is 4.25. The van der Waals surface area contributed by atoms with E-state index in [4.69, 9.17) is 22.4 Å². The van der Waals surface area contributed by atoms with E-state index in [2.05, 4.69) is 10.2 Å². The lowest BCUT2D eigenvalue weighted by molar-refractivity contribution is 0.277. The van der Waals surface area contributed by atoms with Gasteiger partial charge in [0.05, 0.1) is 18.0 Å². The number of aromatic amines is 1. The molecular formula is C4H6ClN3O. The highest BCUT2D eigenvalue weighted by Crippen LogP contribution is 2.17. The van der Waals surface area contributed by atoms with Crippen molar-refractivity contribution in [3.63, 3.8) is 0 Å². The van der Waals surface area contributed by atoms with Crippen LogP contribution < -0.4 is 5.73 Å². The largest absolute Gasteiger partial charge is 0.395 e. The van der Waals surface area contributed by atoms with Gasteiger partial charge in [0.2, 0.25) is 0 Å². The molecule has 0 radical (unpaired) electrons. The van der Waals surface area contributed by atoms with E-state index < -0.39 is 0 Å². The van der Waals surface area contributed by atoms with Gasteiger partial charge in [-0.2, -0.15) is 5.10 Å². The standard InChI is InChI=1S/C4H6ClN3O/c5-4-3(6)2(1-9)7-8-4/h9H,1,6H2,(H,7,8). The van der Waals surface area contributed by atoms with Gasteiger partial charge in [-0.25, -0.2) is 0 Å². The van der Waals surface area contributed by atoms with Gasteiger partial charge in [-0.1, -0.05) is 11.6 Å². The molecule has 5 heteroatoms. The second kappa shape index (κ2) is 2.24. The van der Waals surface area contributed by atoms with Gasteiger partial charge in [0.25, 0.3) is 0 Å². The Morgan fingerprint density at radius 2 is 2.44 bits per heavy atom. The van der Waals surface area contributed by atoms with Gasteiger partial charge in [0.1, 0.15) is 0 Å². The van der Waals surface area contributed by atoms with Gasteiger partial charge in [-0.05, 0) is 0 Å². The maximum atomic E-state index is 8.52. The van der Waals surface area contributed by atoms with Crippen LogP contribution in [0.25, 0.3) is 0 Å². The molecule has 50 valence electrons. The normalized spacial score (nSPS) is 10.0. The van der Waals surface area contributed by atoms with E-state index in [1.165, 1.54) is 0 Å². The molecule has 4 nitrogen and oxygen atoms in total. The predicted octanol–water partition coefficient (Wildman–Crippen LogP) is 0.138. The number of halogens is 1. The van der Waals surface area contributed by atoms with Crippen molar-refractivity contribution in [1.29, 1.82) is 0 Å². The lowest BCUT2D eigenvalue weighted by Crippen LogP contribution is -1.90. The fourth-order valence-electron chi connectivity index (χ4n) is 0.482. The Balaban J connectivity index is 3.04. The van der Waals surface area contributed by atoms with Crippen LogP contribution in [0.3, 0.4) is 0 Å². The van der Waals surface area contributed by atoms with E-state index >= 15 is 0 Å². The van der Waals surface area contributed by atoms with Crippen LogP contribution in [-0.2, 0) is 6.61 Å². The summed E-state index contributed by atoms with van der Waals surface area (Å²) < 4.78 is 0. The maximum absolute atomic E-state index is 8.52. The molecule has 0 unspecified atom stereocenters. The first-order valence-electron chi connectivity index (χ1n) is 2.34. The number of aromatic nitrogens is 2. The number of H-pyrrole nitrogens is 1. The van der Waals surface area contributed by atoms with Crippen molar-refractivity contribution in [2.24, 2.45) is 0 Å². The molecule has 1 rings (SSSR count). The van der Waals surface area contributed by atoms with Crippen LogP contribution in [0.2, 0.25) is 5.15 Å². The molecule has 4 N–H and O–H groups in total. The third-order valence-electron chi connectivity index (χ3n) is 0.995. The minimum absolute atomic E-state index is 0.161. The molecule has 0 aromatic carbocycles. The molecule has 0 fully saturated rings. The molecule has 1 aromatic heterocycles. The number of hydrogen-bond acceptors (Lipinski definition) is 3. The van der Waals surface area contributed by atoms with Crippen LogP contribution in [0, 0.1) is 0 Å². The zero-order chi connectivity index (χ0) is 6.85. The van der Waals surface area contributed by atoms with Crippen molar-refractivity contribution < 1.29 is 5.11 Å². The fraction of sp³-hybridized carbons (Fsp3) is 0.250. The summed E-state index contributed by atoms with van der Waals surface area (Å²) in [4.78, 5) is 0. The van der Waals surface area contributed by atoms with Crippen LogP contribution in [0.5, 0.6) is 0 Å². The van der Waals surface area contributed by atoms with Crippen LogP contribution in [0.15, 0.2) is 0 Å². The molecule has 0 aliphatic rings. The number of nitrogens with two attached hydrogens (primary N) is 1. The average Bonchev–Trinajstić information content (AvgIpc) is 2.15. The molecule has 0 spiro atoms. The topological polar surface area (TPSA) is 74.9 Å². The Labute approximate surface area is 56.6 Å². The Kier molecular flexibility index (Phi) is 1.59. The Morgan fingerprint density at radius 3 is 2.67 bits per heavy atom. The summed E-state index contributed by atoms with van der Waals surface area (Å²) in [7, 11) is 0. The third kappa shape index (κ3) is 0.988. The Hall–Kier alpha value is -0.740. The minimum Gasteiger partial charge on any atom is -0.395 e. The Bertz CT molecular complexity index is 210. The summed E-state index contributed by atoms with van der Waals surface area (Å²) in [5.74, 6) is 0. The summed E-state index contributed by atoms with van der Waals surface area (Å²) in [5.41, 5.74) is 6.10. The molecular weight excluding hydrogens is 142 g/mol. The van der Waals surface area contributed by atoms with E-state index in [9.17, 15) is 0 Å². The third-order valence-corrected chi connectivity index (χ3v) is 1.28. The van der Waals surface area contributed by atoms with Gasteiger partial charge in [0, 0.05) is 0 Å². The zero-order valence-electron chi connectivity index (χ0n) is 4.56. The molecule has 1 heterocycles. The zero-order valence-corrected chi connectivity index (χ0v) is 5.31. The van der Waals surface area contributed by atoms with Crippen molar-refractivity contribution in [1.82, 2.24) is 10.2 Å². The second-order valence-electron chi connectivity index (χ2n) is 1.56. The number of nitrogens with one attached hydrogen (secondary N) is 1. The minimum atomic E-state index is -0.161. The number of aliphatic hydroxyl groups is 1. The number of anilines is 1. The highest BCUT2D eigenvalue weighted by Gasteiger charge is 2.04. The van der Waals surface area contributed by atoms with Gasteiger partial charge in [-0.3, -0.25) is 5.10 Å². The summed E-state index contributed by atoms with van der Waals surface area (Å²) in [5, 5.41) is 14.7. The van der Waals surface area contributed by atoms with Crippen LogP contribution in [-0.4, -0.2) is 15.3 Å². The molecule has 0 aliphatic heterocycles. The summed E-state index contributed by atoms with van der Waals surface area (Å²) in [6.45, 7) is -0.161. The molecule has 0 saturated heterocycles. The van der Waals surface area contributed by atoms with Crippen molar-refractivity contribution in [3.8, 4) is 0 Å². The van der Waals surface area contributed by atoms with Gasteiger partial charge in [-0.15, -0.1) is 0 Å². The second-order valence-corrected chi connectivity index (χ2v) is 1.92. The van der Waals surface area contributed by atoms with Crippen molar-refractivity contribution in [2.75, 3.05) is 5.73 Å². The monoisotopic (exact) mass is 147 g/mol. The Morgan fingerprint density at radius 1 is 1.78 bits per heavy atom. The number of nitrogen functional groups attached to an aromatic ring is 1. The van der Waals surface area contributed by atoms with E-state index in [0.717, 1.165) is 0 Å². The van der Waals surface area contributed by atoms with E-state index in [0.29, 0.717) is 11.4 Å². The quantitative estimate of drug-likeness (QED) is 0.529. The smallest absolute Gasteiger partial charge is 0.174 e. The highest BCUT2D eigenvalue weighted by molar-refractivity contribution is 6.31. The van der Waals surface area contributed by atoms with Crippen molar-refractivity contribution >= 4 is 17.3 Å². The maximum Gasteiger partial charge on any atom is 0.174 e. The molecule has 0 aliphatic carbocycles. The number of nitrogens with zero attached hydrogens (tertiary/aromatic N) is 1. The summed E-state index contributed by atoms with van der Waals surface area (Å²) >= 11 is 5.43. The van der Waals surface area contributed by atoms with Gasteiger partial charge in [0.15, 0.2) is 5.15 Å². The van der Waals surface area contributed by atoms with Crippen LogP contribution >= 0.6 is 11.6 Å². The summed E-state index contributed by atoms with van der Waals surface area (Å²) in [6, 6.07) is 0. The molecule has 0 bridgehead atoms. The number of hydrogen-bond donors (Lipinski definition) is 3. The molecule has 0 saturated carbocycles. The highest BCUT2D eigenvalue weighted by atomic mass is 35.5. The van der Waals surface area contributed by atoms with Crippen molar-refractivity contribution in [3.05, 3.63) is 10.8 Å². The SMILES string of the molecule is Nc1c(Cl)n[nH]c1CO. The first kappa shape index (κ1) is 6.38. The van der Waals surface area contributed by atoms with Gasteiger partial charge >= 0.3 is 0 Å². The van der Waals surface area contributed by atoms with Crippen LogP contribution in [0.4, 0.5) is 5.69 Å². The van der Waals surface area contributed by atoms with Crippen LogP contribution in [0.1, 0.15) is 5.69 Å².